The van der Waals surface area contributed by atoms with E-state index >= 15 is 0 Å². The van der Waals surface area contributed by atoms with Crippen LogP contribution in [0.2, 0.25) is 0 Å². The molecule has 0 aliphatic carbocycles. The van der Waals surface area contributed by atoms with E-state index < -0.39 is 0 Å². The molecule has 35 heavy (non-hydrogen) atoms. The third-order valence-electron chi connectivity index (χ3n) is 8.70. The van der Waals surface area contributed by atoms with Crippen LogP contribution in [0.1, 0.15) is 66.1 Å². The zero-order valence-corrected chi connectivity index (χ0v) is 20.4. The Morgan fingerprint density at radius 2 is 1.63 bits per heavy atom. The van der Waals surface area contributed by atoms with Crippen molar-refractivity contribution >= 4 is 5.91 Å². The van der Waals surface area contributed by atoms with Gasteiger partial charge < -0.3 is 5.11 Å². The Morgan fingerprint density at radius 3 is 2.26 bits per heavy atom. The van der Waals surface area contributed by atoms with E-state index in [0.717, 1.165) is 38.0 Å². The van der Waals surface area contributed by atoms with Crippen LogP contribution in [-0.4, -0.2) is 69.6 Å². The van der Waals surface area contributed by atoms with Gasteiger partial charge in [-0.3, -0.25) is 20.0 Å². The molecule has 5 atom stereocenters. The number of hydrazine groups is 1. The van der Waals surface area contributed by atoms with Crippen molar-refractivity contribution in [2.75, 3.05) is 19.6 Å². The number of hydrogen-bond donors (Lipinski definition) is 2. The van der Waals surface area contributed by atoms with Crippen LogP contribution in [-0.2, 0) is 0 Å². The van der Waals surface area contributed by atoms with Gasteiger partial charge in [-0.05, 0) is 73.9 Å². The molecule has 6 saturated heterocycles. The third kappa shape index (κ3) is 4.07. The fourth-order valence-electron chi connectivity index (χ4n) is 7.30. The van der Waals surface area contributed by atoms with Gasteiger partial charge in [0.15, 0.2) is 0 Å². The molecule has 6 heterocycles. The SMILES string of the molecule is C=CCN1C2CCC3C1CCC2N3C(c1ccc(C(=O)NN2CCCC2)cc1)c1cccc(O)c1. The molecule has 184 valence electrons. The Hall–Kier alpha value is -2.67. The van der Waals surface area contributed by atoms with Gasteiger partial charge in [0.25, 0.3) is 5.91 Å². The van der Waals surface area contributed by atoms with Gasteiger partial charge in [-0.25, -0.2) is 5.01 Å². The number of hydrogen-bond acceptors (Lipinski definition) is 5. The van der Waals surface area contributed by atoms with Crippen molar-refractivity contribution in [1.82, 2.24) is 20.2 Å². The van der Waals surface area contributed by atoms with Gasteiger partial charge in [0.05, 0.1) is 6.04 Å². The van der Waals surface area contributed by atoms with Gasteiger partial charge in [-0.2, -0.15) is 0 Å². The van der Waals surface area contributed by atoms with Gasteiger partial charge in [-0.15, -0.1) is 6.58 Å². The maximum atomic E-state index is 12.8. The van der Waals surface area contributed by atoms with Gasteiger partial charge in [0.1, 0.15) is 5.75 Å². The van der Waals surface area contributed by atoms with Crippen LogP contribution in [0.25, 0.3) is 0 Å². The van der Waals surface area contributed by atoms with Crippen LogP contribution in [0, 0.1) is 0 Å². The second-order valence-corrected chi connectivity index (χ2v) is 10.6. The minimum atomic E-state index is -0.0384. The number of phenolic OH excluding ortho intramolecular Hbond substituents is 1. The van der Waals surface area contributed by atoms with Crippen LogP contribution < -0.4 is 5.43 Å². The van der Waals surface area contributed by atoms with Gasteiger partial charge in [0.2, 0.25) is 0 Å². The van der Waals surface area contributed by atoms with Gasteiger partial charge in [0, 0.05) is 49.4 Å². The van der Waals surface area contributed by atoms with Crippen molar-refractivity contribution in [2.45, 2.75) is 68.7 Å². The molecule has 0 aromatic heterocycles. The highest BCUT2D eigenvalue weighted by Crippen LogP contribution is 2.50. The zero-order chi connectivity index (χ0) is 23.9. The topological polar surface area (TPSA) is 59.0 Å². The molecule has 6 nitrogen and oxygen atoms in total. The summed E-state index contributed by atoms with van der Waals surface area (Å²) in [6.07, 6.45) is 9.25. The number of aromatic hydroxyl groups is 1. The molecule has 6 aliphatic heterocycles. The van der Waals surface area contributed by atoms with E-state index in [1.54, 1.807) is 6.07 Å². The van der Waals surface area contributed by atoms with E-state index in [9.17, 15) is 9.90 Å². The highest BCUT2D eigenvalue weighted by molar-refractivity contribution is 5.93. The first-order valence-electron chi connectivity index (χ1n) is 13.2. The number of benzene rings is 2. The van der Waals surface area contributed by atoms with Crippen LogP contribution in [0.5, 0.6) is 5.75 Å². The van der Waals surface area contributed by atoms with Crippen LogP contribution in [0.15, 0.2) is 61.2 Å². The molecule has 0 spiro atoms. The Balaban J connectivity index is 1.32. The molecule has 2 aromatic carbocycles. The lowest BCUT2D eigenvalue weighted by Crippen LogP contribution is -2.75. The van der Waals surface area contributed by atoms with E-state index in [-0.39, 0.29) is 11.9 Å². The number of phenols is 1. The molecule has 1 amide bonds. The molecule has 6 heteroatoms. The molecule has 2 N–H and O–H groups in total. The van der Waals surface area contributed by atoms with E-state index in [4.69, 9.17) is 0 Å². The monoisotopic (exact) mass is 472 g/mol. The lowest BCUT2D eigenvalue weighted by Gasteiger charge is -2.66. The minimum absolute atomic E-state index is 0.0384. The Bertz CT molecular complexity index is 1060. The van der Waals surface area contributed by atoms with Crippen molar-refractivity contribution in [3.63, 3.8) is 0 Å². The molecule has 0 radical (unpaired) electrons. The van der Waals surface area contributed by atoms with Crippen LogP contribution >= 0.6 is 0 Å². The van der Waals surface area contributed by atoms with Crippen LogP contribution in [0.3, 0.4) is 0 Å². The average molecular weight is 473 g/mol. The fourth-order valence-corrected chi connectivity index (χ4v) is 7.30. The third-order valence-corrected chi connectivity index (χ3v) is 8.70. The molecule has 5 unspecified atom stereocenters. The summed E-state index contributed by atoms with van der Waals surface area (Å²) >= 11 is 0. The van der Waals surface area contributed by atoms with E-state index in [2.05, 4.69) is 46.1 Å². The van der Waals surface area contributed by atoms with E-state index in [1.165, 1.54) is 31.2 Å². The summed E-state index contributed by atoms with van der Waals surface area (Å²) in [5.74, 6) is 0.262. The van der Waals surface area contributed by atoms with Crippen molar-refractivity contribution in [1.29, 1.82) is 0 Å². The van der Waals surface area contributed by atoms with Crippen molar-refractivity contribution < 1.29 is 9.90 Å². The average Bonchev–Trinajstić information content (AvgIpc) is 3.38. The molecule has 4 bridgehead atoms. The Morgan fingerprint density at radius 1 is 0.971 bits per heavy atom. The molecule has 6 fully saturated rings. The minimum Gasteiger partial charge on any atom is -0.508 e. The van der Waals surface area contributed by atoms with E-state index in [0.29, 0.717) is 35.5 Å². The maximum absolute atomic E-state index is 12.8. The number of nitrogens with one attached hydrogen (secondary N) is 1. The highest BCUT2D eigenvalue weighted by atomic mass is 16.3. The summed E-state index contributed by atoms with van der Waals surface area (Å²) in [6, 6.07) is 18.0. The molecule has 0 saturated carbocycles. The van der Waals surface area contributed by atoms with Crippen LogP contribution in [0.4, 0.5) is 0 Å². The first-order valence-corrected chi connectivity index (χ1v) is 13.2. The number of rotatable bonds is 7. The quantitative estimate of drug-likeness (QED) is 0.595. The summed E-state index contributed by atoms with van der Waals surface area (Å²) in [7, 11) is 0. The Kier molecular flexibility index (Phi) is 6.13. The largest absolute Gasteiger partial charge is 0.508 e. The predicted octanol–water partition coefficient (Wildman–Crippen LogP) is 4.09. The van der Waals surface area contributed by atoms with E-state index in [1.807, 2.05) is 29.3 Å². The molecular weight excluding hydrogens is 436 g/mol. The number of piperidine rings is 4. The zero-order valence-electron chi connectivity index (χ0n) is 20.4. The number of carbonyl (C=O) groups is 1. The Labute approximate surface area is 208 Å². The number of nitrogens with zero attached hydrogens (tertiary/aromatic N) is 3. The summed E-state index contributed by atoms with van der Waals surface area (Å²) < 4.78 is 0. The smallest absolute Gasteiger partial charge is 0.265 e. The standard InChI is InChI=1S/C29H36N4O2/c1-2-16-32-24-12-14-26-25(32)13-15-27(24)33(26)28(22-6-5-7-23(34)19-22)20-8-10-21(11-9-20)29(35)30-31-17-3-4-18-31/h2,5-11,19,24-28,34H,1,3-4,12-18H2,(H,30,35). The summed E-state index contributed by atoms with van der Waals surface area (Å²) in [5, 5.41) is 12.4. The fraction of sp³-hybridized carbons (Fsp3) is 0.483. The number of carbonyl (C=O) groups excluding carboxylic acids is 1. The molecule has 8 rings (SSSR count). The van der Waals surface area contributed by atoms with Crippen molar-refractivity contribution in [3.8, 4) is 5.75 Å². The second kappa shape index (κ2) is 9.41. The molecular formula is C29H36N4O2. The normalized spacial score (nSPS) is 29.4. The second-order valence-electron chi connectivity index (χ2n) is 10.6. The summed E-state index contributed by atoms with van der Waals surface area (Å²) in [6.45, 7) is 6.83. The van der Waals surface area contributed by atoms with Gasteiger partial charge in [-0.1, -0.05) is 30.3 Å². The van der Waals surface area contributed by atoms with Crippen molar-refractivity contribution in [2.24, 2.45) is 0 Å². The summed E-state index contributed by atoms with van der Waals surface area (Å²) in [5.41, 5.74) is 6.03. The lowest BCUT2D eigenvalue weighted by molar-refractivity contribution is -0.151. The van der Waals surface area contributed by atoms with Crippen molar-refractivity contribution in [3.05, 3.63) is 77.9 Å². The first kappa shape index (κ1) is 22.8. The summed E-state index contributed by atoms with van der Waals surface area (Å²) in [4.78, 5) is 18.2. The molecule has 2 aromatic rings. The predicted molar refractivity (Wildman–Crippen MR) is 137 cm³/mol. The number of fused-ring (bicyclic) bond motifs is 2. The highest BCUT2D eigenvalue weighted by Gasteiger charge is 2.56. The number of amides is 1. The number of piperazine rings is 1. The lowest BCUT2D eigenvalue weighted by atomic mass is 9.69. The first-order chi connectivity index (χ1) is 17.1. The molecule has 6 aliphatic rings. The maximum Gasteiger partial charge on any atom is 0.265 e. The van der Waals surface area contributed by atoms with Gasteiger partial charge >= 0.3 is 0 Å².